The van der Waals surface area contributed by atoms with E-state index in [0.717, 1.165) is 0 Å². The average Bonchev–Trinajstić information content (AvgIpc) is 2.63. The van der Waals surface area contributed by atoms with Gasteiger partial charge in [-0.15, -0.1) is 18.5 Å². The summed E-state index contributed by atoms with van der Waals surface area (Å²) in [5.41, 5.74) is 5.19. The molecule has 2 heteroatoms. The molecule has 0 aliphatic carbocycles. The highest BCUT2D eigenvalue weighted by Gasteiger charge is 1.95. The maximum absolute atomic E-state index is 2.42. The Kier molecular flexibility index (Phi) is 24.2. The SMILES string of the molecule is CC.CC.CP.CP.Cc1ccc(-c2ccc(C)cc2)cc1. The minimum absolute atomic E-state index is 1.29. The maximum Gasteiger partial charge on any atom is -0.0184 e. The van der Waals surface area contributed by atoms with E-state index in [1.54, 1.807) is 0 Å². The van der Waals surface area contributed by atoms with Crippen LogP contribution in [-0.2, 0) is 0 Å². The molecule has 0 fully saturated rings. The second kappa shape index (κ2) is 20.3. The Bertz CT molecular complexity index is 373. The second-order valence-corrected chi connectivity index (χ2v) is 3.73. The molecule has 2 aromatic carbocycles. The van der Waals surface area contributed by atoms with Crippen LogP contribution in [0.15, 0.2) is 48.5 Å². The molecular weight excluding hydrogens is 302 g/mol. The molecule has 0 spiro atoms. The van der Waals surface area contributed by atoms with Gasteiger partial charge in [-0.3, -0.25) is 0 Å². The summed E-state index contributed by atoms with van der Waals surface area (Å²) in [7, 11) is 4.83. The van der Waals surface area contributed by atoms with Crippen LogP contribution in [0.4, 0.5) is 0 Å². The van der Waals surface area contributed by atoms with Crippen LogP contribution in [0.1, 0.15) is 38.8 Å². The minimum atomic E-state index is 1.29. The summed E-state index contributed by atoms with van der Waals surface area (Å²) >= 11 is 0. The molecule has 0 bridgehead atoms. The molecule has 2 aromatic rings. The molecule has 0 heterocycles. The standard InChI is InChI=1S/C14H14.2C2H6.2CH5P/c1-11-3-7-13(8-4-11)14-9-5-12(2)6-10-14;4*1-2/h3-10H,1-2H3;2*1-2H3;2*2H2,1H3. The van der Waals surface area contributed by atoms with Crippen LogP contribution in [0.2, 0.25) is 0 Å². The summed E-state index contributed by atoms with van der Waals surface area (Å²) < 4.78 is 0. The van der Waals surface area contributed by atoms with Gasteiger partial charge in [0.15, 0.2) is 0 Å². The molecule has 2 unspecified atom stereocenters. The summed E-state index contributed by atoms with van der Waals surface area (Å²) in [5.74, 6) is 0. The normalized spacial score (nSPS) is 7.55. The van der Waals surface area contributed by atoms with Crippen LogP contribution >= 0.6 is 18.5 Å². The molecule has 126 valence electrons. The summed E-state index contributed by atoms with van der Waals surface area (Å²) in [4.78, 5) is 0. The van der Waals surface area contributed by atoms with E-state index in [4.69, 9.17) is 0 Å². The smallest absolute Gasteiger partial charge is 0.0184 e. The van der Waals surface area contributed by atoms with E-state index in [0.29, 0.717) is 0 Å². The third kappa shape index (κ3) is 11.9. The lowest BCUT2D eigenvalue weighted by atomic mass is 10.0. The van der Waals surface area contributed by atoms with Gasteiger partial charge in [0, 0.05) is 0 Å². The van der Waals surface area contributed by atoms with E-state index in [9.17, 15) is 0 Å². The van der Waals surface area contributed by atoms with Crippen LogP contribution in [0.5, 0.6) is 0 Å². The quantitative estimate of drug-likeness (QED) is 0.491. The Balaban J connectivity index is -0.000000394. The zero-order valence-corrected chi connectivity index (χ0v) is 18.1. The van der Waals surface area contributed by atoms with Gasteiger partial charge < -0.3 is 0 Å². The molecule has 0 saturated heterocycles. The monoisotopic (exact) mass is 338 g/mol. The van der Waals surface area contributed by atoms with E-state index >= 15 is 0 Å². The van der Waals surface area contributed by atoms with Gasteiger partial charge in [-0.1, -0.05) is 101 Å². The average molecular weight is 338 g/mol. The van der Waals surface area contributed by atoms with Gasteiger partial charge >= 0.3 is 0 Å². The molecule has 0 amide bonds. The first-order chi connectivity index (χ1) is 10.8. The van der Waals surface area contributed by atoms with Crippen molar-refractivity contribution in [1.82, 2.24) is 0 Å². The Morgan fingerprint density at radius 3 is 0.818 bits per heavy atom. The predicted molar refractivity (Wildman–Crippen MR) is 115 cm³/mol. The molecule has 0 nitrogen and oxygen atoms in total. The van der Waals surface area contributed by atoms with Crippen molar-refractivity contribution in [3.8, 4) is 11.1 Å². The first-order valence-corrected chi connectivity index (χ1v) is 10.4. The minimum Gasteiger partial charge on any atom is -0.141 e. The molecule has 0 N–H and O–H groups in total. The fourth-order valence-corrected chi connectivity index (χ4v) is 1.49. The first kappa shape index (κ1) is 26.2. The lowest BCUT2D eigenvalue weighted by Gasteiger charge is -2.02. The Hall–Kier alpha value is -0.700. The van der Waals surface area contributed by atoms with Gasteiger partial charge in [0.05, 0.1) is 0 Å². The molecular formula is C20H36P2. The highest BCUT2D eigenvalue weighted by Crippen LogP contribution is 2.19. The summed E-state index contributed by atoms with van der Waals surface area (Å²) in [6, 6.07) is 17.3. The van der Waals surface area contributed by atoms with E-state index in [-0.39, 0.29) is 0 Å². The van der Waals surface area contributed by atoms with Crippen LogP contribution in [0, 0.1) is 13.8 Å². The van der Waals surface area contributed by atoms with Gasteiger partial charge in [-0.25, -0.2) is 0 Å². The van der Waals surface area contributed by atoms with Gasteiger partial charge in [0.2, 0.25) is 0 Å². The first-order valence-electron chi connectivity index (χ1n) is 8.05. The molecule has 0 radical (unpaired) electrons. The van der Waals surface area contributed by atoms with E-state index < -0.39 is 0 Å². The van der Waals surface area contributed by atoms with Crippen molar-refractivity contribution in [3.63, 3.8) is 0 Å². The number of aryl methyl sites for hydroxylation is 2. The molecule has 0 aliphatic heterocycles. The van der Waals surface area contributed by atoms with Gasteiger partial charge in [0.1, 0.15) is 0 Å². The topological polar surface area (TPSA) is 0 Å². The number of benzene rings is 2. The number of hydrogen-bond donors (Lipinski definition) is 0. The largest absolute Gasteiger partial charge is 0.141 e. The predicted octanol–water partition coefficient (Wildman–Crippen LogP) is 7.01. The molecule has 22 heavy (non-hydrogen) atoms. The Morgan fingerprint density at radius 1 is 0.455 bits per heavy atom. The number of rotatable bonds is 1. The molecule has 0 aliphatic rings. The molecule has 0 aromatic heterocycles. The lowest BCUT2D eigenvalue weighted by Crippen LogP contribution is -1.78. The van der Waals surface area contributed by atoms with Crippen LogP contribution in [-0.4, -0.2) is 13.3 Å². The number of hydrogen-bond acceptors (Lipinski definition) is 0. The van der Waals surface area contributed by atoms with Crippen molar-refractivity contribution in [1.29, 1.82) is 0 Å². The van der Waals surface area contributed by atoms with Crippen LogP contribution < -0.4 is 0 Å². The van der Waals surface area contributed by atoms with Crippen LogP contribution in [0.25, 0.3) is 11.1 Å². The highest BCUT2D eigenvalue weighted by molar-refractivity contribution is 7.15. The molecule has 2 atom stereocenters. The van der Waals surface area contributed by atoms with Crippen LogP contribution in [0.3, 0.4) is 0 Å². The third-order valence-electron chi connectivity index (χ3n) is 2.44. The zero-order chi connectivity index (χ0) is 18.0. The van der Waals surface area contributed by atoms with E-state index in [2.05, 4.69) is 80.9 Å². The maximum atomic E-state index is 2.42. The van der Waals surface area contributed by atoms with E-state index in [1.165, 1.54) is 22.3 Å². The Morgan fingerprint density at radius 2 is 0.636 bits per heavy atom. The van der Waals surface area contributed by atoms with E-state index in [1.807, 2.05) is 41.0 Å². The van der Waals surface area contributed by atoms with Crippen molar-refractivity contribution in [2.45, 2.75) is 41.5 Å². The lowest BCUT2D eigenvalue weighted by molar-refractivity contribution is 1.45. The highest BCUT2D eigenvalue weighted by atomic mass is 31.0. The molecule has 2 rings (SSSR count). The van der Waals surface area contributed by atoms with Crippen molar-refractivity contribution in [3.05, 3.63) is 59.7 Å². The van der Waals surface area contributed by atoms with Gasteiger partial charge in [-0.05, 0) is 25.0 Å². The van der Waals surface area contributed by atoms with Crippen molar-refractivity contribution in [2.24, 2.45) is 0 Å². The Labute approximate surface area is 144 Å². The second-order valence-electron chi connectivity index (χ2n) is 3.73. The fourth-order valence-electron chi connectivity index (χ4n) is 1.49. The molecule has 0 saturated carbocycles. The van der Waals surface area contributed by atoms with Gasteiger partial charge in [0.25, 0.3) is 0 Å². The third-order valence-corrected chi connectivity index (χ3v) is 2.44. The summed E-state index contributed by atoms with van der Waals surface area (Å²) in [6.45, 7) is 16.1. The zero-order valence-electron chi connectivity index (χ0n) is 15.8. The van der Waals surface area contributed by atoms with Gasteiger partial charge in [-0.2, -0.15) is 0 Å². The fraction of sp³-hybridized carbons (Fsp3) is 0.400. The van der Waals surface area contributed by atoms with Crippen molar-refractivity contribution >= 4 is 18.5 Å². The van der Waals surface area contributed by atoms with Crippen molar-refractivity contribution in [2.75, 3.05) is 13.3 Å². The van der Waals surface area contributed by atoms with Crippen molar-refractivity contribution < 1.29 is 0 Å². The summed E-state index contributed by atoms with van der Waals surface area (Å²) in [6.07, 6.45) is 0. The summed E-state index contributed by atoms with van der Waals surface area (Å²) in [5, 5.41) is 0.